The summed E-state index contributed by atoms with van der Waals surface area (Å²) in [6.07, 6.45) is 2.30. The van der Waals surface area contributed by atoms with Crippen LogP contribution in [0.4, 0.5) is 5.82 Å². The molecule has 0 aromatic carbocycles. The summed E-state index contributed by atoms with van der Waals surface area (Å²) in [5.41, 5.74) is 6.96. The lowest BCUT2D eigenvalue weighted by Crippen LogP contribution is -2.29. The molecule has 4 heteroatoms. The standard InChI is InChI=1S/C14H22N4/c1-11(2)10-18(8-4-6-15)14-9-13(12(3)16)5-7-17-14/h5,7,9,11-12H,4,8,10,16H2,1-3H3/t12-/m1/s1. The highest BCUT2D eigenvalue weighted by Crippen LogP contribution is 2.18. The lowest BCUT2D eigenvalue weighted by molar-refractivity contribution is 0.607. The molecule has 0 aliphatic rings. The van der Waals surface area contributed by atoms with Crippen molar-refractivity contribution >= 4 is 5.82 Å². The van der Waals surface area contributed by atoms with Crippen molar-refractivity contribution in [3.8, 4) is 6.07 Å². The number of anilines is 1. The van der Waals surface area contributed by atoms with Crippen LogP contribution < -0.4 is 10.6 Å². The van der Waals surface area contributed by atoms with E-state index < -0.39 is 0 Å². The van der Waals surface area contributed by atoms with Gasteiger partial charge >= 0.3 is 0 Å². The fourth-order valence-corrected chi connectivity index (χ4v) is 1.82. The van der Waals surface area contributed by atoms with E-state index in [1.165, 1.54) is 0 Å². The zero-order valence-electron chi connectivity index (χ0n) is 11.4. The van der Waals surface area contributed by atoms with Gasteiger partial charge in [0, 0.05) is 25.3 Å². The van der Waals surface area contributed by atoms with E-state index in [-0.39, 0.29) is 6.04 Å². The average Bonchev–Trinajstić information content (AvgIpc) is 2.34. The van der Waals surface area contributed by atoms with Crippen LogP contribution in [0.25, 0.3) is 0 Å². The van der Waals surface area contributed by atoms with Gasteiger partial charge < -0.3 is 10.6 Å². The molecule has 0 bridgehead atoms. The first-order valence-corrected chi connectivity index (χ1v) is 6.38. The predicted octanol–water partition coefficient (Wildman–Crippen LogP) is 2.48. The third kappa shape index (κ3) is 4.34. The van der Waals surface area contributed by atoms with Gasteiger partial charge in [-0.1, -0.05) is 13.8 Å². The number of hydrogen-bond acceptors (Lipinski definition) is 4. The molecule has 1 aromatic rings. The number of aromatic nitrogens is 1. The highest BCUT2D eigenvalue weighted by atomic mass is 15.2. The Bertz CT molecular complexity index is 407. The van der Waals surface area contributed by atoms with Crippen molar-refractivity contribution in [2.24, 2.45) is 11.7 Å². The molecule has 0 aliphatic carbocycles. The Kier molecular flexibility index (Phi) is 5.60. The maximum absolute atomic E-state index is 8.72. The van der Waals surface area contributed by atoms with Crippen LogP contribution in [-0.4, -0.2) is 18.1 Å². The van der Waals surface area contributed by atoms with Crippen molar-refractivity contribution in [3.63, 3.8) is 0 Å². The summed E-state index contributed by atoms with van der Waals surface area (Å²) in [4.78, 5) is 6.54. The Morgan fingerprint density at radius 1 is 1.44 bits per heavy atom. The Labute approximate surface area is 109 Å². The monoisotopic (exact) mass is 246 g/mol. The molecule has 1 aromatic heterocycles. The molecule has 0 amide bonds. The summed E-state index contributed by atoms with van der Waals surface area (Å²) < 4.78 is 0. The van der Waals surface area contributed by atoms with E-state index in [2.05, 4.69) is 29.8 Å². The molecule has 2 N–H and O–H groups in total. The van der Waals surface area contributed by atoms with Gasteiger partial charge in [0.15, 0.2) is 0 Å². The largest absolute Gasteiger partial charge is 0.355 e. The molecule has 1 heterocycles. The molecule has 0 unspecified atom stereocenters. The maximum atomic E-state index is 8.72. The smallest absolute Gasteiger partial charge is 0.128 e. The first kappa shape index (κ1) is 14.5. The number of nitrogens with zero attached hydrogens (tertiary/aromatic N) is 3. The van der Waals surface area contributed by atoms with Crippen LogP contribution in [0.2, 0.25) is 0 Å². The summed E-state index contributed by atoms with van der Waals surface area (Å²) in [7, 11) is 0. The molecule has 0 radical (unpaired) electrons. The number of hydrogen-bond donors (Lipinski definition) is 1. The van der Waals surface area contributed by atoms with E-state index in [0.717, 1.165) is 17.9 Å². The Morgan fingerprint density at radius 3 is 2.72 bits per heavy atom. The number of nitrogens with two attached hydrogens (primary N) is 1. The number of nitriles is 1. The van der Waals surface area contributed by atoms with Gasteiger partial charge in [-0.2, -0.15) is 5.26 Å². The molecular formula is C14H22N4. The van der Waals surface area contributed by atoms with Crippen molar-refractivity contribution in [1.82, 2.24) is 4.98 Å². The molecule has 0 saturated heterocycles. The topological polar surface area (TPSA) is 65.9 Å². The molecule has 0 fully saturated rings. The Morgan fingerprint density at radius 2 is 2.17 bits per heavy atom. The second-order valence-corrected chi connectivity index (χ2v) is 4.98. The summed E-state index contributed by atoms with van der Waals surface area (Å²) in [6.45, 7) is 7.89. The molecule has 1 rings (SSSR count). The predicted molar refractivity (Wildman–Crippen MR) is 74.1 cm³/mol. The van der Waals surface area contributed by atoms with E-state index in [4.69, 9.17) is 11.0 Å². The van der Waals surface area contributed by atoms with Crippen molar-refractivity contribution in [3.05, 3.63) is 23.9 Å². The lowest BCUT2D eigenvalue weighted by atomic mass is 10.1. The molecule has 18 heavy (non-hydrogen) atoms. The minimum Gasteiger partial charge on any atom is -0.355 e. The van der Waals surface area contributed by atoms with Crippen molar-refractivity contribution in [1.29, 1.82) is 5.26 Å². The summed E-state index contributed by atoms with van der Waals surface area (Å²) >= 11 is 0. The highest BCUT2D eigenvalue weighted by molar-refractivity contribution is 5.42. The first-order chi connectivity index (χ1) is 8.54. The normalized spacial score (nSPS) is 12.2. The van der Waals surface area contributed by atoms with Crippen LogP contribution >= 0.6 is 0 Å². The lowest BCUT2D eigenvalue weighted by Gasteiger charge is -2.25. The fraction of sp³-hybridized carbons (Fsp3) is 0.571. The molecule has 4 nitrogen and oxygen atoms in total. The van der Waals surface area contributed by atoms with Crippen molar-refractivity contribution < 1.29 is 0 Å². The second-order valence-electron chi connectivity index (χ2n) is 4.98. The highest BCUT2D eigenvalue weighted by Gasteiger charge is 2.11. The van der Waals surface area contributed by atoms with Crippen LogP contribution in [0.3, 0.4) is 0 Å². The molecule has 0 saturated carbocycles. The second kappa shape index (κ2) is 6.97. The molecule has 98 valence electrons. The summed E-state index contributed by atoms with van der Waals surface area (Å²) in [5, 5.41) is 8.72. The molecular weight excluding hydrogens is 224 g/mol. The van der Waals surface area contributed by atoms with Crippen LogP contribution in [0, 0.1) is 17.2 Å². The van der Waals surface area contributed by atoms with Gasteiger partial charge in [0.2, 0.25) is 0 Å². The molecule has 0 aliphatic heterocycles. The van der Waals surface area contributed by atoms with Crippen LogP contribution in [0.1, 0.15) is 38.8 Å². The van der Waals surface area contributed by atoms with Crippen molar-refractivity contribution in [2.45, 2.75) is 33.2 Å². The van der Waals surface area contributed by atoms with E-state index >= 15 is 0 Å². The minimum absolute atomic E-state index is 0.00335. The van der Waals surface area contributed by atoms with Crippen LogP contribution in [0.5, 0.6) is 0 Å². The van der Waals surface area contributed by atoms with E-state index in [1.54, 1.807) is 6.20 Å². The first-order valence-electron chi connectivity index (χ1n) is 6.38. The zero-order chi connectivity index (χ0) is 13.5. The average molecular weight is 246 g/mol. The maximum Gasteiger partial charge on any atom is 0.128 e. The van der Waals surface area contributed by atoms with Gasteiger partial charge in [0.25, 0.3) is 0 Å². The minimum atomic E-state index is 0.00335. The van der Waals surface area contributed by atoms with E-state index in [0.29, 0.717) is 18.9 Å². The summed E-state index contributed by atoms with van der Waals surface area (Å²) in [5.74, 6) is 1.44. The zero-order valence-corrected chi connectivity index (χ0v) is 11.4. The van der Waals surface area contributed by atoms with Gasteiger partial charge in [0.1, 0.15) is 5.82 Å². The van der Waals surface area contributed by atoms with Gasteiger partial charge in [-0.15, -0.1) is 0 Å². The van der Waals surface area contributed by atoms with Crippen molar-refractivity contribution in [2.75, 3.05) is 18.0 Å². The molecule has 0 spiro atoms. The third-order valence-electron chi connectivity index (χ3n) is 2.70. The van der Waals surface area contributed by atoms with Gasteiger partial charge in [-0.05, 0) is 30.5 Å². The Balaban J connectivity index is 2.89. The fourth-order valence-electron chi connectivity index (χ4n) is 1.82. The van der Waals surface area contributed by atoms with Gasteiger partial charge in [-0.25, -0.2) is 4.98 Å². The molecule has 1 atom stereocenters. The van der Waals surface area contributed by atoms with Gasteiger partial charge in [-0.3, -0.25) is 0 Å². The van der Waals surface area contributed by atoms with Crippen LogP contribution in [-0.2, 0) is 0 Å². The van der Waals surface area contributed by atoms with Gasteiger partial charge in [0.05, 0.1) is 12.5 Å². The van der Waals surface area contributed by atoms with Crippen LogP contribution in [0.15, 0.2) is 18.3 Å². The SMILES string of the molecule is CC(C)CN(CCC#N)c1cc([C@@H](C)N)ccn1. The summed E-state index contributed by atoms with van der Waals surface area (Å²) in [6, 6.07) is 6.14. The number of rotatable bonds is 6. The quantitative estimate of drug-likeness (QED) is 0.837. The van der Waals surface area contributed by atoms with E-state index in [1.807, 2.05) is 19.1 Å². The van der Waals surface area contributed by atoms with E-state index in [9.17, 15) is 0 Å². The number of pyridine rings is 1. The Hall–Kier alpha value is -1.60. The third-order valence-corrected chi connectivity index (χ3v) is 2.70.